The highest BCUT2D eigenvalue weighted by molar-refractivity contribution is 7.18. The first-order valence-electron chi connectivity index (χ1n) is 6.79. The molecular weight excluding hydrogens is 280 g/mol. The van der Waals surface area contributed by atoms with Gasteiger partial charge < -0.3 is 5.32 Å². The van der Waals surface area contributed by atoms with Gasteiger partial charge in [0, 0.05) is 11.3 Å². The van der Waals surface area contributed by atoms with Gasteiger partial charge in [0.25, 0.3) is 5.91 Å². The molecule has 0 radical (unpaired) electrons. The van der Waals surface area contributed by atoms with Crippen molar-refractivity contribution in [2.24, 2.45) is 0 Å². The van der Waals surface area contributed by atoms with Crippen molar-refractivity contribution in [1.29, 1.82) is 0 Å². The second kappa shape index (κ2) is 5.30. The van der Waals surface area contributed by atoms with Crippen LogP contribution in [0.3, 0.4) is 0 Å². The summed E-state index contributed by atoms with van der Waals surface area (Å²) in [6.45, 7) is 6.04. The number of hydrogen-bond donors (Lipinski definition) is 1. The lowest BCUT2D eigenvalue weighted by Crippen LogP contribution is -2.12. The van der Waals surface area contributed by atoms with Crippen LogP contribution in [0.15, 0.2) is 36.4 Å². The number of aromatic nitrogens is 1. The molecule has 3 nitrogen and oxygen atoms in total. The van der Waals surface area contributed by atoms with E-state index in [9.17, 15) is 4.79 Å². The van der Waals surface area contributed by atoms with E-state index in [-0.39, 0.29) is 5.91 Å². The normalized spacial score (nSPS) is 10.8. The standard InChI is InChI=1S/C17H16N2OS/c1-10-4-5-13(8-11(10)2)17(20)19-14-6-7-15-16(9-14)21-12(3)18-15/h4-9H,1-3H3,(H,19,20). The molecule has 0 saturated carbocycles. The maximum atomic E-state index is 12.3. The summed E-state index contributed by atoms with van der Waals surface area (Å²) in [5.74, 6) is -0.0845. The number of nitrogens with zero attached hydrogens (tertiary/aromatic N) is 1. The molecular formula is C17H16N2OS. The monoisotopic (exact) mass is 296 g/mol. The summed E-state index contributed by atoms with van der Waals surface area (Å²) < 4.78 is 1.09. The van der Waals surface area contributed by atoms with Crippen molar-refractivity contribution in [2.75, 3.05) is 5.32 Å². The molecule has 0 aliphatic heterocycles. The molecule has 0 saturated heterocycles. The Hall–Kier alpha value is -2.20. The van der Waals surface area contributed by atoms with Crippen LogP contribution in [-0.4, -0.2) is 10.9 Å². The van der Waals surface area contributed by atoms with E-state index in [2.05, 4.69) is 10.3 Å². The Morgan fingerprint density at radius 1 is 1.05 bits per heavy atom. The molecule has 21 heavy (non-hydrogen) atoms. The van der Waals surface area contributed by atoms with Gasteiger partial charge in [0.05, 0.1) is 15.2 Å². The van der Waals surface area contributed by atoms with Crippen LogP contribution in [-0.2, 0) is 0 Å². The summed E-state index contributed by atoms with van der Waals surface area (Å²) in [6, 6.07) is 11.5. The van der Waals surface area contributed by atoms with Crippen molar-refractivity contribution in [3.63, 3.8) is 0 Å². The number of carbonyl (C=O) groups excluding carboxylic acids is 1. The van der Waals surface area contributed by atoms with Gasteiger partial charge >= 0.3 is 0 Å². The van der Waals surface area contributed by atoms with Gasteiger partial charge in [-0.25, -0.2) is 4.98 Å². The predicted molar refractivity (Wildman–Crippen MR) is 88.2 cm³/mol. The molecule has 0 unspecified atom stereocenters. The Morgan fingerprint density at radius 3 is 2.62 bits per heavy atom. The van der Waals surface area contributed by atoms with E-state index >= 15 is 0 Å². The zero-order valence-electron chi connectivity index (χ0n) is 12.2. The zero-order valence-corrected chi connectivity index (χ0v) is 13.0. The predicted octanol–water partition coefficient (Wildman–Crippen LogP) is 4.47. The average molecular weight is 296 g/mol. The van der Waals surface area contributed by atoms with Gasteiger partial charge in [-0.15, -0.1) is 11.3 Å². The first-order chi connectivity index (χ1) is 10.0. The van der Waals surface area contributed by atoms with Crippen LogP contribution in [0.4, 0.5) is 5.69 Å². The zero-order chi connectivity index (χ0) is 15.0. The number of amides is 1. The Kier molecular flexibility index (Phi) is 3.47. The topological polar surface area (TPSA) is 42.0 Å². The Bertz CT molecular complexity index is 836. The first kappa shape index (κ1) is 13.8. The lowest BCUT2D eigenvalue weighted by molar-refractivity contribution is 0.102. The summed E-state index contributed by atoms with van der Waals surface area (Å²) in [5.41, 5.74) is 4.76. The highest BCUT2D eigenvalue weighted by atomic mass is 32.1. The molecule has 1 N–H and O–H groups in total. The van der Waals surface area contributed by atoms with E-state index in [1.807, 2.05) is 57.2 Å². The molecule has 0 atom stereocenters. The van der Waals surface area contributed by atoms with Gasteiger partial charge in [0.15, 0.2) is 0 Å². The van der Waals surface area contributed by atoms with Crippen molar-refractivity contribution in [3.05, 3.63) is 58.1 Å². The smallest absolute Gasteiger partial charge is 0.255 e. The molecule has 3 rings (SSSR count). The van der Waals surface area contributed by atoms with Gasteiger partial charge in [-0.05, 0) is 62.2 Å². The van der Waals surface area contributed by atoms with Gasteiger partial charge in [0.1, 0.15) is 0 Å². The lowest BCUT2D eigenvalue weighted by Gasteiger charge is -2.07. The maximum absolute atomic E-state index is 12.3. The Labute approximate surface area is 127 Å². The van der Waals surface area contributed by atoms with Crippen LogP contribution in [0, 0.1) is 20.8 Å². The quantitative estimate of drug-likeness (QED) is 0.758. The van der Waals surface area contributed by atoms with E-state index in [0.717, 1.165) is 26.5 Å². The minimum absolute atomic E-state index is 0.0845. The number of thiazole rings is 1. The second-order valence-corrected chi connectivity index (χ2v) is 6.40. The molecule has 1 heterocycles. The molecule has 4 heteroatoms. The van der Waals surface area contributed by atoms with Gasteiger partial charge in [-0.1, -0.05) is 6.07 Å². The van der Waals surface area contributed by atoms with Crippen LogP contribution in [0.1, 0.15) is 26.5 Å². The first-order valence-corrected chi connectivity index (χ1v) is 7.60. The number of aryl methyl sites for hydroxylation is 3. The Morgan fingerprint density at radius 2 is 1.86 bits per heavy atom. The van der Waals surface area contributed by atoms with Gasteiger partial charge in [0.2, 0.25) is 0 Å². The highest BCUT2D eigenvalue weighted by Crippen LogP contribution is 2.25. The molecule has 0 bridgehead atoms. The SMILES string of the molecule is Cc1nc2ccc(NC(=O)c3ccc(C)c(C)c3)cc2s1. The minimum Gasteiger partial charge on any atom is -0.322 e. The summed E-state index contributed by atoms with van der Waals surface area (Å²) in [5, 5.41) is 3.98. The molecule has 1 aromatic heterocycles. The van der Waals surface area contributed by atoms with E-state index in [1.165, 1.54) is 5.56 Å². The number of nitrogens with one attached hydrogen (secondary N) is 1. The van der Waals surface area contributed by atoms with E-state index in [0.29, 0.717) is 5.56 Å². The molecule has 3 aromatic rings. The maximum Gasteiger partial charge on any atom is 0.255 e. The molecule has 0 aliphatic carbocycles. The minimum atomic E-state index is -0.0845. The van der Waals surface area contributed by atoms with Crippen LogP contribution in [0.2, 0.25) is 0 Å². The second-order valence-electron chi connectivity index (χ2n) is 5.17. The van der Waals surface area contributed by atoms with E-state index in [1.54, 1.807) is 11.3 Å². The van der Waals surface area contributed by atoms with Crippen LogP contribution >= 0.6 is 11.3 Å². The number of hydrogen-bond acceptors (Lipinski definition) is 3. The molecule has 0 spiro atoms. The third-order valence-corrected chi connectivity index (χ3v) is 4.46. The van der Waals surface area contributed by atoms with Crippen molar-refractivity contribution in [2.45, 2.75) is 20.8 Å². The number of benzene rings is 2. The van der Waals surface area contributed by atoms with Crippen molar-refractivity contribution < 1.29 is 4.79 Å². The fraction of sp³-hybridized carbons (Fsp3) is 0.176. The molecule has 2 aromatic carbocycles. The number of rotatable bonds is 2. The van der Waals surface area contributed by atoms with Crippen LogP contribution in [0.25, 0.3) is 10.2 Å². The van der Waals surface area contributed by atoms with Crippen molar-refractivity contribution >= 4 is 33.1 Å². The lowest BCUT2D eigenvalue weighted by atomic mass is 10.1. The highest BCUT2D eigenvalue weighted by Gasteiger charge is 2.08. The number of fused-ring (bicyclic) bond motifs is 1. The van der Waals surface area contributed by atoms with Crippen LogP contribution in [0.5, 0.6) is 0 Å². The number of carbonyl (C=O) groups is 1. The van der Waals surface area contributed by atoms with E-state index in [4.69, 9.17) is 0 Å². The summed E-state index contributed by atoms with van der Waals surface area (Å²) in [6.07, 6.45) is 0. The van der Waals surface area contributed by atoms with Crippen molar-refractivity contribution in [3.8, 4) is 0 Å². The Balaban J connectivity index is 1.86. The average Bonchev–Trinajstić information content (AvgIpc) is 2.81. The third kappa shape index (κ3) is 2.81. The third-order valence-electron chi connectivity index (χ3n) is 3.52. The fourth-order valence-electron chi connectivity index (χ4n) is 2.20. The largest absolute Gasteiger partial charge is 0.322 e. The molecule has 0 aliphatic rings. The van der Waals surface area contributed by atoms with Gasteiger partial charge in [-0.3, -0.25) is 4.79 Å². The summed E-state index contributed by atoms with van der Waals surface area (Å²) >= 11 is 1.63. The van der Waals surface area contributed by atoms with Crippen LogP contribution < -0.4 is 5.32 Å². The molecule has 1 amide bonds. The molecule has 0 fully saturated rings. The van der Waals surface area contributed by atoms with E-state index < -0.39 is 0 Å². The summed E-state index contributed by atoms with van der Waals surface area (Å²) in [7, 11) is 0. The molecule has 106 valence electrons. The van der Waals surface area contributed by atoms with Crippen molar-refractivity contribution in [1.82, 2.24) is 4.98 Å². The fourth-order valence-corrected chi connectivity index (χ4v) is 3.07. The number of anilines is 1. The van der Waals surface area contributed by atoms with Gasteiger partial charge in [-0.2, -0.15) is 0 Å². The summed E-state index contributed by atoms with van der Waals surface area (Å²) in [4.78, 5) is 16.7.